The van der Waals surface area contributed by atoms with E-state index < -0.39 is 0 Å². The molecule has 2 aromatic carbocycles. The van der Waals surface area contributed by atoms with Crippen LogP contribution in [-0.2, 0) is 13.0 Å². The second kappa shape index (κ2) is 10.4. The SMILES string of the molecule is COc1ccc(CCN(C)CCn2nc(C)c3cc(OC)c(OC)cc3c2=O)cc1OC. The van der Waals surface area contributed by atoms with Gasteiger partial charge in [0.2, 0.25) is 0 Å². The number of likely N-dealkylation sites (N-methyl/N-ethyl adjacent to an activating group) is 1. The Morgan fingerprint density at radius 3 is 2.06 bits per heavy atom. The Hall–Kier alpha value is -3.26. The number of ether oxygens (including phenoxy) is 4. The Balaban J connectivity index is 1.70. The molecule has 0 aliphatic carbocycles. The third-order valence-electron chi connectivity index (χ3n) is 5.57. The number of aromatic nitrogens is 2. The topological polar surface area (TPSA) is 75.0 Å². The lowest BCUT2D eigenvalue weighted by Crippen LogP contribution is -2.31. The molecular formula is C24H31N3O5. The maximum absolute atomic E-state index is 13.0. The normalized spacial score (nSPS) is 11.1. The van der Waals surface area contributed by atoms with Crippen molar-refractivity contribution >= 4 is 10.8 Å². The summed E-state index contributed by atoms with van der Waals surface area (Å²) in [5, 5.41) is 5.86. The van der Waals surface area contributed by atoms with Crippen molar-refractivity contribution in [3.05, 3.63) is 51.9 Å². The Labute approximate surface area is 188 Å². The average Bonchev–Trinajstić information content (AvgIpc) is 2.82. The summed E-state index contributed by atoms with van der Waals surface area (Å²) < 4.78 is 22.9. The number of hydrogen-bond acceptors (Lipinski definition) is 7. The van der Waals surface area contributed by atoms with Gasteiger partial charge in [-0.15, -0.1) is 0 Å². The van der Waals surface area contributed by atoms with Gasteiger partial charge in [0.25, 0.3) is 5.56 Å². The molecule has 0 atom stereocenters. The van der Waals surface area contributed by atoms with Crippen LogP contribution in [-0.4, -0.2) is 63.3 Å². The molecule has 0 aliphatic rings. The van der Waals surface area contributed by atoms with Crippen molar-refractivity contribution in [2.75, 3.05) is 48.6 Å². The molecule has 1 aromatic heterocycles. The molecule has 0 aliphatic heterocycles. The van der Waals surface area contributed by atoms with E-state index in [2.05, 4.69) is 10.00 Å². The summed E-state index contributed by atoms with van der Waals surface area (Å²) in [6, 6.07) is 9.47. The maximum atomic E-state index is 13.0. The minimum Gasteiger partial charge on any atom is -0.493 e. The average molecular weight is 442 g/mol. The monoisotopic (exact) mass is 441 g/mol. The molecule has 8 heteroatoms. The van der Waals surface area contributed by atoms with Crippen LogP contribution in [0.3, 0.4) is 0 Å². The van der Waals surface area contributed by atoms with Crippen molar-refractivity contribution < 1.29 is 18.9 Å². The number of rotatable bonds is 10. The minimum absolute atomic E-state index is 0.139. The molecule has 0 saturated heterocycles. The highest BCUT2D eigenvalue weighted by atomic mass is 16.5. The van der Waals surface area contributed by atoms with E-state index in [-0.39, 0.29) is 5.56 Å². The first kappa shape index (κ1) is 23.4. The van der Waals surface area contributed by atoms with Gasteiger partial charge in [0, 0.05) is 18.5 Å². The first-order valence-electron chi connectivity index (χ1n) is 10.4. The molecule has 1 heterocycles. The molecule has 172 valence electrons. The third-order valence-corrected chi connectivity index (χ3v) is 5.57. The van der Waals surface area contributed by atoms with E-state index in [0.29, 0.717) is 30.0 Å². The Kier molecular flexibility index (Phi) is 7.58. The fourth-order valence-corrected chi connectivity index (χ4v) is 3.66. The lowest BCUT2D eigenvalue weighted by molar-refractivity contribution is 0.312. The van der Waals surface area contributed by atoms with Crippen LogP contribution in [0, 0.1) is 6.92 Å². The van der Waals surface area contributed by atoms with Crippen molar-refractivity contribution in [1.29, 1.82) is 0 Å². The standard InChI is InChI=1S/C24H31N3O5/c1-16-18-14-22(31-5)23(32-6)15-19(18)24(28)27(25-16)12-11-26(2)10-9-17-7-8-20(29-3)21(13-17)30-4/h7-8,13-15H,9-12H2,1-6H3. The fraction of sp³-hybridized carbons (Fsp3) is 0.417. The van der Waals surface area contributed by atoms with Gasteiger partial charge in [0.1, 0.15) is 0 Å². The zero-order valence-corrected chi connectivity index (χ0v) is 19.6. The summed E-state index contributed by atoms with van der Waals surface area (Å²) in [5.41, 5.74) is 1.79. The van der Waals surface area contributed by atoms with E-state index in [9.17, 15) is 4.79 Å². The second-order valence-corrected chi connectivity index (χ2v) is 7.61. The van der Waals surface area contributed by atoms with Gasteiger partial charge in [0.05, 0.1) is 46.1 Å². The Morgan fingerprint density at radius 1 is 0.844 bits per heavy atom. The zero-order valence-electron chi connectivity index (χ0n) is 19.6. The van der Waals surface area contributed by atoms with Gasteiger partial charge in [-0.1, -0.05) is 6.07 Å². The molecule has 0 fully saturated rings. The predicted molar refractivity (Wildman–Crippen MR) is 125 cm³/mol. The van der Waals surface area contributed by atoms with Gasteiger partial charge in [0.15, 0.2) is 23.0 Å². The molecular weight excluding hydrogens is 410 g/mol. The van der Waals surface area contributed by atoms with Gasteiger partial charge in [-0.3, -0.25) is 4.79 Å². The third kappa shape index (κ3) is 4.96. The van der Waals surface area contributed by atoms with E-state index in [1.54, 1.807) is 40.6 Å². The number of nitrogens with zero attached hydrogens (tertiary/aromatic N) is 3. The van der Waals surface area contributed by atoms with Gasteiger partial charge >= 0.3 is 0 Å². The van der Waals surface area contributed by atoms with Crippen LogP contribution in [0.5, 0.6) is 23.0 Å². The summed E-state index contributed by atoms with van der Waals surface area (Å²) in [7, 11) is 8.43. The minimum atomic E-state index is -0.139. The molecule has 0 saturated carbocycles. The fourth-order valence-electron chi connectivity index (χ4n) is 3.66. The number of methoxy groups -OCH3 is 4. The quantitative estimate of drug-likeness (QED) is 0.479. The van der Waals surface area contributed by atoms with Crippen molar-refractivity contribution in [3.8, 4) is 23.0 Å². The first-order valence-corrected chi connectivity index (χ1v) is 10.4. The smallest absolute Gasteiger partial charge is 0.274 e. The van der Waals surface area contributed by atoms with Crippen LogP contribution < -0.4 is 24.5 Å². The number of hydrogen-bond donors (Lipinski definition) is 0. The van der Waals surface area contributed by atoms with Gasteiger partial charge in [-0.25, -0.2) is 4.68 Å². The van der Waals surface area contributed by atoms with Gasteiger partial charge in [-0.05, 0) is 50.2 Å². The molecule has 0 amide bonds. The molecule has 0 radical (unpaired) electrons. The largest absolute Gasteiger partial charge is 0.493 e. The molecule has 3 aromatic rings. The van der Waals surface area contributed by atoms with E-state index in [4.69, 9.17) is 18.9 Å². The first-order chi connectivity index (χ1) is 15.4. The molecule has 0 N–H and O–H groups in total. The van der Waals surface area contributed by atoms with Crippen LogP contribution in [0.15, 0.2) is 35.1 Å². The highest BCUT2D eigenvalue weighted by Gasteiger charge is 2.14. The lowest BCUT2D eigenvalue weighted by Gasteiger charge is -2.18. The van der Waals surface area contributed by atoms with Gasteiger partial charge in [-0.2, -0.15) is 5.10 Å². The maximum Gasteiger partial charge on any atom is 0.274 e. The van der Waals surface area contributed by atoms with E-state index in [1.807, 2.05) is 32.2 Å². The van der Waals surface area contributed by atoms with Crippen LogP contribution >= 0.6 is 0 Å². The molecule has 8 nitrogen and oxygen atoms in total. The zero-order chi connectivity index (χ0) is 23.3. The lowest BCUT2D eigenvalue weighted by atomic mass is 10.1. The van der Waals surface area contributed by atoms with E-state index >= 15 is 0 Å². The van der Waals surface area contributed by atoms with Crippen LogP contribution in [0.2, 0.25) is 0 Å². The predicted octanol–water partition coefficient (Wildman–Crippen LogP) is 2.91. The van der Waals surface area contributed by atoms with Crippen molar-refractivity contribution in [2.24, 2.45) is 0 Å². The highest BCUT2D eigenvalue weighted by Crippen LogP contribution is 2.31. The Bertz CT molecular complexity index is 1140. The summed E-state index contributed by atoms with van der Waals surface area (Å²) in [4.78, 5) is 15.2. The summed E-state index contributed by atoms with van der Waals surface area (Å²) in [6.45, 7) is 3.91. The van der Waals surface area contributed by atoms with Crippen LogP contribution in [0.4, 0.5) is 0 Å². The van der Waals surface area contributed by atoms with E-state index in [1.165, 1.54) is 4.68 Å². The summed E-state index contributed by atoms with van der Waals surface area (Å²) >= 11 is 0. The second-order valence-electron chi connectivity index (χ2n) is 7.61. The van der Waals surface area contributed by atoms with Crippen molar-refractivity contribution in [2.45, 2.75) is 19.9 Å². The molecule has 0 bridgehead atoms. The molecule has 0 spiro atoms. The highest BCUT2D eigenvalue weighted by molar-refractivity contribution is 5.87. The summed E-state index contributed by atoms with van der Waals surface area (Å²) in [5.74, 6) is 2.55. The summed E-state index contributed by atoms with van der Waals surface area (Å²) in [6.07, 6.45) is 0.854. The number of fused-ring (bicyclic) bond motifs is 1. The number of aryl methyl sites for hydroxylation is 1. The van der Waals surface area contributed by atoms with Crippen molar-refractivity contribution in [3.63, 3.8) is 0 Å². The Morgan fingerprint density at radius 2 is 1.44 bits per heavy atom. The van der Waals surface area contributed by atoms with Crippen molar-refractivity contribution in [1.82, 2.24) is 14.7 Å². The molecule has 3 rings (SSSR count). The molecule has 32 heavy (non-hydrogen) atoms. The number of benzene rings is 2. The van der Waals surface area contributed by atoms with Crippen LogP contribution in [0.25, 0.3) is 10.8 Å². The molecule has 0 unspecified atom stereocenters. The van der Waals surface area contributed by atoms with Gasteiger partial charge < -0.3 is 23.8 Å². The van der Waals surface area contributed by atoms with E-state index in [0.717, 1.165) is 41.1 Å². The van der Waals surface area contributed by atoms with Crippen LogP contribution in [0.1, 0.15) is 11.3 Å².